The summed E-state index contributed by atoms with van der Waals surface area (Å²) in [6.07, 6.45) is 0.654. The zero-order valence-electron chi connectivity index (χ0n) is 9.32. The van der Waals surface area contributed by atoms with Gasteiger partial charge in [0, 0.05) is 0 Å². The van der Waals surface area contributed by atoms with Crippen molar-refractivity contribution in [2.45, 2.75) is 25.7 Å². The van der Waals surface area contributed by atoms with Gasteiger partial charge in [-0.3, -0.25) is 4.79 Å². The van der Waals surface area contributed by atoms with E-state index < -0.39 is 11.4 Å². The Labute approximate surface area is 94.3 Å². The van der Waals surface area contributed by atoms with Crippen molar-refractivity contribution in [3.63, 3.8) is 0 Å². The maximum Gasteiger partial charge on any atom is 0.314 e. The number of nitrogens with zero attached hydrogens (tertiary/aromatic N) is 1. The van der Waals surface area contributed by atoms with E-state index in [0.29, 0.717) is 12.0 Å². The van der Waals surface area contributed by atoms with Crippen LogP contribution in [0.15, 0.2) is 24.3 Å². The molecule has 1 N–H and O–H groups in total. The number of carboxylic acids is 1. The lowest BCUT2D eigenvalue weighted by atomic mass is 9.87. The second-order valence-electron chi connectivity index (χ2n) is 4.96. The number of nitriles is 1. The fourth-order valence-corrected chi connectivity index (χ4v) is 2.43. The second-order valence-corrected chi connectivity index (χ2v) is 4.96. The van der Waals surface area contributed by atoms with Crippen LogP contribution < -0.4 is 0 Å². The van der Waals surface area contributed by atoms with Crippen LogP contribution in [0.2, 0.25) is 0 Å². The van der Waals surface area contributed by atoms with Gasteiger partial charge >= 0.3 is 5.97 Å². The molecule has 1 aliphatic rings. The highest BCUT2D eigenvalue weighted by Gasteiger charge is 2.67. The Morgan fingerprint density at radius 3 is 2.19 bits per heavy atom. The van der Waals surface area contributed by atoms with Gasteiger partial charge in [-0.1, -0.05) is 26.0 Å². The number of aliphatic carboxylic acids is 1. The van der Waals surface area contributed by atoms with Crippen LogP contribution in [0.25, 0.3) is 0 Å². The second kappa shape index (κ2) is 3.08. The van der Waals surface area contributed by atoms with Crippen LogP contribution in [0.5, 0.6) is 0 Å². The summed E-state index contributed by atoms with van der Waals surface area (Å²) in [5, 5.41) is 18.0. The molecule has 1 unspecified atom stereocenters. The van der Waals surface area contributed by atoms with Crippen molar-refractivity contribution in [2.75, 3.05) is 0 Å². The van der Waals surface area contributed by atoms with E-state index in [1.165, 1.54) is 0 Å². The SMILES string of the molecule is CC1(C)CC1(C(=O)O)c1ccc(C#N)cc1. The minimum Gasteiger partial charge on any atom is -0.481 e. The first kappa shape index (κ1) is 10.7. The van der Waals surface area contributed by atoms with Crippen LogP contribution in [0.1, 0.15) is 31.4 Å². The number of hydrogen-bond acceptors (Lipinski definition) is 2. The van der Waals surface area contributed by atoms with Crippen LogP contribution >= 0.6 is 0 Å². The summed E-state index contributed by atoms with van der Waals surface area (Å²) >= 11 is 0. The van der Waals surface area contributed by atoms with Gasteiger partial charge in [-0.15, -0.1) is 0 Å². The van der Waals surface area contributed by atoms with Crippen molar-refractivity contribution >= 4 is 5.97 Å². The molecule has 2 rings (SSSR count). The zero-order chi connectivity index (χ0) is 12.0. The molecule has 3 nitrogen and oxygen atoms in total. The highest BCUT2D eigenvalue weighted by Crippen LogP contribution is 2.64. The summed E-state index contributed by atoms with van der Waals surface area (Å²) in [5.41, 5.74) is 0.389. The Hall–Kier alpha value is -1.82. The highest BCUT2D eigenvalue weighted by molar-refractivity contribution is 5.87. The largest absolute Gasteiger partial charge is 0.481 e. The number of rotatable bonds is 2. The molecule has 82 valence electrons. The van der Waals surface area contributed by atoms with E-state index in [9.17, 15) is 9.90 Å². The number of carboxylic acid groups (broad SMARTS) is 1. The van der Waals surface area contributed by atoms with Gasteiger partial charge in [0.05, 0.1) is 17.0 Å². The first-order valence-electron chi connectivity index (χ1n) is 5.18. The van der Waals surface area contributed by atoms with Crippen molar-refractivity contribution in [3.05, 3.63) is 35.4 Å². The minimum absolute atomic E-state index is 0.201. The highest BCUT2D eigenvalue weighted by atomic mass is 16.4. The van der Waals surface area contributed by atoms with Gasteiger partial charge in [0.25, 0.3) is 0 Å². The summed E-state index contributed by atoms with van der Waals surface area (Å²) in [5.74, 6) is -0.776. The van der Waals surface area contributed by atoms with Gasteiger partial charge in [-0.05, 0) is 29.5 Å². The van der Waals surface area contributed by atoms with Crippen molar-refractivity contribution in [3.8, 4) is 6.07 Å². The molecule has 1 aromatic carbocycles. The molecule has 16 heavy (non-hydrogen) atoms. The predicted octanol–water partition coefficient (Wildman–Crippen LogP) is 2.31. The van der Waals surface area contributed by atoms with E-state index >= 15 is 0 Å². The maximum absolute atomic E-state index is 11.4. The minimum atomic E-state index is -0.776. The lowest BCUT2D eigenvalue weighted by Crippen LogP contribution is -2.25. The van der Waals surface area contributed by atoms with E-state index in [4.69, 9.17) is 5.26 Å². The van der Waals surface area contributed by atoms with Crippen LogP contribution in [0.3, 0.4) is 0 Å². The topological polar surface area (TPSA) is 61.1 Å². The van der Waals surface area contributed by atoms with E-state index in [1.807, 2.05) is 19.9 Å². The quantitative estimate of drug-likeness (QED) is 0.823. The van der Waals surface area contributed by atoms with Crippen LogP contribution in [0, 0.1) is 16.7 Å². The molecule has 0 spiro atoms. The Kier molecular flexibility index (Phi) is 2.06. The molecule has 1 saturated carbocycles. The molecule has 0 aliphatic heterocycles. The third-order valence-electron chi connectivity index (χ3n) is 3.61. The first-order valence-corrected chi connectivity index (χ1v) is 5.18. The van der Waals surface area contributed by atoms with Crippen molar-refractivity contribution in [1.82, 2.24) is 0 Å². The van der Waals surface area contributed by atoms with Gasteiger partial charge < -0.3 is 5.11 Å². The van der Waals surface area contributed by atoms with Crippen molar-refractivity contribution in [1.29, 1.82) is 5.26 Å². The number of hydrogen-bond donors (Lipinski definition) is 1. The Balaban J connectivity index is 2.44. The monoisotopic (exact) mass is 215 g/mol. The van der Waals surface area contributed by atoms with E-state index in [-0.39, 0.29) is 5.41 Å². The summed E-state index contributed by atoms with van der Waals surface area (Å²) in [4.78, 5) is 11.4. The van der Waals surface area contributed by atoms with Gasteiger partial charge in [-0.25, -0.2) is 0 Å². The molecule has 1 atom stereocenters. The molecular weight excluding hydrogens is 202 g/mol. The Morgan fingerprint density at radius 2 is 1.88 bits per heavy atom. The molecule has 0 heterocycles. The van der Waals surface area contributed by atoms with Crippen LogP contribution in [0.4, 0.5) is 0 Å². The average molecular weight is 215 g/mol. The standard InChI is InChI=1S/C13H13NO2/c1-12(2)8-13(12,11(15)16)10-5-3-9(7-14)4-6-10/h3-6H,8H2,1-2H3,(H,15,16). The first-order chi connectivity index (χ1) is 7.44. The molecule has 0 radical (unpaired) electrons. The number of benzene rings is 1. The molecule has 1 aliphatic carbocycles. The lowest BCUT2D eigenvalue weighted by Gasteiger charge is -2.15. The number of carbonyl (C=O) groups is 1. The molecule has 1 fully saturated rings. The summed E-state index contributed by atoms with van der Waals surface area (Å²) in [6.45, 7) is 3.92. The zero-order valence-corrected chi connectivity index (χ0v) is 9.32. The predicted molar refractivity (Wildman–Crippen MR) is 58.9 cm³/mol. The maximum atomic E-state index is 11.4. The average Bonchev–Trinajstić information content (AvgIpc) is 2.84. The molecule has 1 aromatic rings. The van der Waals surface area contributed by atoms with Crippen molar-refractivity contribution < 1.29 is 9.90 Å². The smallest absolute Gasteiger partial charge is 0.314 e. The van der Waals surface area contributed by atoms with Crippen LogP contribution in [-0.4, -0.2) is 11.1 Å². The molecule has 3 heteroatoms. The van der Waals surface area contributed by atoms with E-state index in [0.717, 1.165) is 5.56 Å². The normalized spacial score (nSPS) is 25.8. The molecular formula is C13H13NO2. The van der Waals surface area contributed by atoms with Gasteiger partial charge in [0.1, 0.15) is 0 Å². The summed E-state index contributed by atoms with van der Waals surface area (Å²) < 4.78 is 0. The van der Waals surface area contributed by atoms with E-state index in [1.54, 1.807) is 24.3 Å². The van der Waals surface area contributed by atoms with Gasteiger partial charge in [0.15, 0.2) is 0 Å². The molecule has 0 saturated heterocycles. The molecule has 0 amide bonds. The third-order valence-corrected chi connectivity index (χ3v) is 3.61. The van der Waals surface area contributed by atoms with Crippen molar-refractivity contribution in [2.24, 2.45) is 5.41 Å². The molecule has 0 bridgehead atoms. The van der Waals surface area contributed by atoms with Crippen LogP contribution in [-0.2, 0) is 10.2 Å². The van der Waals surface area contributed by atoms with Gasteiger partial charge in [0.2, 0.25) is 0 Å². The van der Waals surface area contributed by atoms with E-state index in [2.05, 4.69) is 0 Å². The summed E-state index contributed by atoms with van der Waals surface area (Å²) in [6, 6.07) is 8.88. The molecule has 0 aromatic heterocycles. The Bertz CT molecular complexity index is 482. The lowest BCUT2D eigenvalue weighted by molar-refractivity contribution is -0.141. The summed E-state index contributed by atoms with van der Waals surface area (Å²) in [7, 11) is 0. The fourth-order valence-electron chi connectivity index (χ4n) is 2.43. The van der Waals surface area contributed by atoms with Gasteiger partial charge in [-0.2, -0.15) is 5.26 Å². The fraction of sp³-hybridized carbons (Fsp3) is 0.385. The Morgan fingerprint density at radius 1 is 1.38 bits per heavy atom. The third kappa shape index (κ3) is 1.23.